The Bertz CT molecular complexity index is 766. The average molecular weight is 368 g/mol. The number of carbonyl (C=O) groups is 1. The van der Waals surface area contributed by atoms with Gasteiger partial charge < -0.3 is 19.5 Å². The van der Waals surface area contributed by atoms with Crippen molar-refractivity contribution in [3.63, 3.8) is 0 Å². The van der Waals surface area contributed by atoms with Crippen LogP contribution in [0, 0.1) is 0 Å². The SMILES string of the molecule is CC(NC(=O)COc1ccc(Cl)c(Cl)c1)c1ccc2c(c1)OCO2. The molecule has 24 heavy (non-hydrogen) atoms. The van der Waals surface area contributed by atoms with Crippen LogP contribution in [0.5, 0.6) is 17.2 Å². The van der Waals surface area contributed by atoms with Crippen molar-refractivity contribution in [3.05, 3.63) is 52.0 Å². The molecule has 0 aromatic heterocycles. The fourth-order valence-corrected chi connectivity index (χ4v) is 2.55. The molecule has 1 N–H and O–H groups in total. The molecule has 3 rings (SSSR count). The molecule has 1 unspecified atom stereocenters. The number of rotatable bonds is 5. The Hall–Kier alpha value is -2.11. The highest BCUT2D eigenvalue weighted by atomic mass is 35.5. The summed E-state index contributed by atoms with van der Waals surface area (Å²) in [6.07, 6.45) is 0. The standard InChI is InChI=1S/C17H15Cl2NO4/c1-10(11-2-5-15-16(6-11)24-9-23-15)20-17(21)8-22-12-3-4-13(18)14(19)7-12/h2-7,10H,8-9H2,1H3,(H,20,21). The van der Waals surface area contributed by atoms with Crippen molar-refractivity contribution in [1.82, 2.24) is 5.32 Å². The highest BCUT2D eigenvalue weighted by Crippen LogP contribution is 2.34. The second kappa shape index (κ2) is 7.20. The number of fused-ring (bicyclic) bond motifs is 1. The van der Waals surface area contributed by atoms with Crippen LogP contribution < -0.4 is 19.5 Å². The number of amides is 1. The third-order valence-corrected chi connectivity index (χ3v) is 4.27. The second-order valence-corrected chi connectivity index (χ2v) is 6.08. The van der Waals surface area contributed by atoms with Gasteiger partial charge in [-0.1, -0.05) is 29.3 Å². The molecule has 1 aliphatic rings. The number of hydrogen-bond acceptors (Lipinski definition) is 4. The van der Waals surface area contributed by atoms with Gasteiger partial charge in [0.15, 0.2) is 18.1 Å². The van der Waals surface area contributed by atoms with E-state index in [1.165, 1.54) is 0 Å². The predicted octanol–water partition coefficient (Wildman–Crippen LogP) is 3.98. The Balaban J connectivity index is 1.55. The number of carbonyl (C=O) groups excluding carboxylic acids is 1. The van der Waals surface area contributed by atoms with Crippen LogP contribution in [0.2, 0.25) is 10.0 Å². The number of hydrogen-bond donors (Lipinski definition) is 1. The molecule has 1 amide bonds. The minimum Gasteiger partial charge on any atom is -0.484 e. The van der Waals surface area contributed by atoms with E-state index in [4.69, 9.17) is 37.4 Å². The van der Waals surface area contributed by atoms with Gasteiger partial charge in [-0.05, 0) is 36.8 Å². The van der Waals surface area contributed by atoms with E-state index in [0.29, 0.717) is 27.3 Å². The second-order valence-electron chi connectivity index (χ2n) is 5.27. The molecule has 1 heterocycles. The van der Waals surface area contributed by atoms with Crippen LogP contribution in [0.25, 0.3) is 0 Å². The zero-order valence-electron chi connectivity index (χ0n) is 12.8. The summed E-state index contributed by atoms with van der Waals surface area (Å²) in [4.78, 5) is 12.0. The van der Waals surface area contributed by atoms with Crippen LogP contribution in [0.15, 0.2) is 36.4 Å². The Morgan fingerprint density at radius 2 is 1.96 bits per heavy atom. The first-order chi connectivity index (χ1) is 11.5. The molecule has 0 saturated carbocycles. The van der Waals surface area contributed by atoms with Crippen molar-refractivity contribution >= 4 is 29.1 Å². The molecule has 0 spiro atoms. The van der Waals surface area contributed by atoms with E-state index in [1.54, 1.807) is 18.2 Å². The van der Waals surface area contributed by atoms with Gasteiger partial charge in [-0.2, -0.15) is 0 Å². The van der Waals surface area contributed by atoms with Gasteiger partial charge in [-0.3, -0.25) is 4.79 Å². The van der Waals surface area contributed by atoms with Crippen LogP contribution in [-0.4, -0.2) is 19.3 Å². The van der Waals surface area contributed by atoms with Crippen molar-refractivity contribution < 1.29 is 19.0 Å². The van der Waals surface area contributed by atoms with E-state index in [2.05, 4.69) is 5.32 Å². The molecular formula is C17H15Cl2NO4. The predicted molar refractivity (Wildman–Crippen MR) is 91.1 cm³/mol. The Labute approximate surface area is 149 Å². The molecule has 2 aromatic carbocycles. The smallest absolute Gasteiger partial charge is 0.258 e. The van der Waals surface area contributed by atoms with E-state index in [-0.39, 0.29) is 25.3 Å². The summed E-state index contributed by atoms with van der Waals surface area (Å²) in [5, 5.41) is 3.68. The van der Waals surface area contributed by atoms with E-state index in [0.717, 1.165) is 5.56 Å². The topological polar surface area (TPSA) is 56.8 Å². The number of halogens is 2. The summed E-state index contributed by atoms with van der Waals surface area (Å²) < 4.78 is 16.0. The first-order valence-electron chi connectivity index (χ1n) is 7.29. The molecule has 126 valence electrons. The van der Waals surface area contributed by atoms with Gasteiger partial charge in [0, 0.05) is 6.07 Å². The number of ether oxygens (including phenoxy) is 3. The summed E-state index contributed by atoms with van der Waals surface area (Å²) in [6.45, 7) is 1.98. The largest absolute Gasteiger partial charge is 0.484 e. The summed E-state index contributed by atoms with van der Waals surface area (Å²) in [6, 6.07) is 10.2. The molecule has 1 atom stereocenters. The van der Waals surface area contributed by atoms with Crippen molar-refractivity contribution in [2.75, 3.05) is 13.4 Å². The fraction of sp³-hybridized carbons (Fsp3) is 0.235. The molecule has 0 saturated heterocycles. The summed E-state index contributed by atoms with van der Waals surface area (Å²) in [7, 11) is 0. The van der Waals surface area contributed by atoms with Crippen LogP contribution in [0.4, 0.5) is 0 Å². The zero-order valence-corrected chi connectivity index (χ0v) is 14.4. The zero-order chi connectivity index (χ0) is 17.1. The van der Waals surface area contributed by atoms with E-state index in [1.807, 2.05) is 25.1 Å². The summed E-state index contributed by atoms with van der Waals surface area (Å²) in [5.41, 5.74) is 0.919. The third-order valence-electron chi connectivity index (χ3n) is 3.54. The Kier molecular flexibility index (Phi) is 5.02. The molecule has 2 aromatic rings. The molecule has 0 fully saturated rings. The average Bonchev–Trinajstić information content (AvgIpc) is 3.03. The first kappa shape index (κ1) is 16.7. The highest BCUT2D eigenvalue weighted by molar-refractivity contribution is 6.42. The summed E-state index contributed by atoms with van der Waals surface area (Å²) >= 11 is 11.7. The fourth-order valence-electron chi connectivity index (χ4n) is 2.26. The summed E-state index contributed by atoms with van der Waals surface area (Å²) in [5.74, 6) is 1.63. The maximum Gasteiger partial charge on any atom is 0.258 e. The lowest BCUT2D eigenvalue weighted by Crippen LogP contribution is -2.31. The minimum atomic E-state index is -0.244. The maximum absolute atomic E-state index is 12.0. The maximum atomic E-state index is 12.0. The Morgan fingerprint density at radius 1 is 1.17 bits per heavy atom. The van der Waals surface area contributed by atoms with Crippen molar-refractivity contribution in [2.24, 2.45) is 0 Å². The van der Waals surface area contributed by atoms with Gasteiger partial charge in [-0.15, -0.1) is 0 Å². The van der Waals surface area contributed by atoms with Gasteiger partial charge in [-0.25, -0.2) is 0 Å². The highest BCUT2D eigenvalue weighted by Gasteiger charge is 2.17. The monoisotopic (exact) mass is 367 g/mol. The first-order valence-corrected chi connectivity index (χ1v) is 8.05. The molecule has 0 aliphatic carbocycles. The normalized spacial score (nSPS) is 13.5. The van der Waals surface area contributed by atoms with Crippen LogP contribution >= 0.6 is 23.2 Å². The van der Waals surface area contributed by atoms with Crippen LogP contribution in [-0.2, 0) is 4.79 Å². The van der Waals surface area contributed by atoms with Crippen LogP contribution in [0.1, 0.15) is 18.5 Å². The van der Waals surface area contributed by atoms with Crippen LogP contribution in [0.3, 0.4) is 0 Å². The van der Waals surface area contributed by atoms with E-state index < -0.39 is 0 Å². The van der Waals surface area contributed by atoms with Crippen molar-refractivity contribution in [3.8, 4) is 17.2 Å². The third kappa shape index (κ3) is 3.86. The number of nitrogens with one attached hydrogen (secondary N) is 1. The lowest BCUT2D eigenvalue weighted by molar-refractivity contribution is -0.123. The van der Waals surface area contributed by atoms with Gasteiger partial charge in [0.2, 0.25) is 6.79 Å². The van der Waals surface area contributed by atoms with Crippen molar-refractivity contribution in [2.45, 2.75) is 13.0 Å². The molecular weight excluding hydrogens is 353 g/mol. The van der Waals surface area contributed by atoms with Crippen molar-refractivity contribution in [1.29, 1.82) is 0 Å². The minimum absolute atomic E-state index is 0.118. The number of benzene rings is 2. The van der Waals surface area contributed by atoms with Gasteiger partial charge in [0.1, 0.15) is 5.75 Å². The molecule has 1 aliphatic heterocycles. The van der Waals surface area contributed by atoms with Gasteiger partial charge in [0.05, 0.1) is 16.1 Å². The lowest BCUT2D eigenvalue weighted by atomic mass is 10.1. The van der Waals surface area contributed by atoms with E-state index >= 15 is 0 Å². The van der Waals surface area contributed by atoms with E-state index in [9.17, 15) is 4.79 Å². The Morgan fingerprint density at radius 3 is 2.75 bits per heavy atom. The quantitative estimate of drug-likeness (QED) is 0.868. The van der Waals surface area contributed by atoms with Gasteiger partial charge >= 0.3 is 0 Å². The molecule has 5 nitrogen and oxygen atoms in total. The van der Waals surface area contributed by atoms with Gasteiger partial charge in [0.25, 0.3) is 5.91 Å². The molecule has 0 bridgehead atoms. The molecule has 0 radical (unpaired) electrons. The molecule has 7 heteroatoms. The lowest BCUT2D eigenvalue weighted by Gasteiger charge is -2.15.